The Hall–Kier alpha value is -1.60. The Balaban J connectivity index is 2.00. The number of hydrogen-bond acceptors (Lipinski definition) is 5. The Morgan fingerprint density at radius 3 is 3.05 bits per heavy atom. The Kier molecular flexibility index (Phi) is 3.88. The molecule has 0 aliphatic carbocycles. The number of fused-ring (bicyclic) bond motifs is 1. The van der Waals surface area contributed by atoms with Crippen LogP contribution in [0.25, 0.3) is 11.2 Å². The van der Waals surface area contributed by atoms with E-state index in [4.69, 9.17) is 9.84 Å². The lowest BCUT2D eigenvalue weighted by Gasteiger charge is -2.24. The molecule has 1 fully saturated rings. The van der Waals surface area contributed by atoms with Crippen molar-refractivity contribution in [2.75, 3.05) is 19.0 Å². The summed E-state index contributed by atoms with van der Waals surface area (Å²) in [6.07, 6.45) is 3.55. The highest BCUT2D eigenvalue weighted by Crippen LogP contribution is 2.31. The second-order valence-electron chi connectivity index (χ2n) is 4.64. The molecule has 1 N–H and O–H groups in total. The molecular weight excluding hydrogens is 278 g/mol. The molecule has 106 valence electrons. The van der Waals surface area contributed by atoms with Gasteiger partial charge >= 0.3 is 5.97 Å². The van der Waals surface area contributed by atoms with Gasteiger partial charge in [0.15, 0.2) is 10.8 Å². The fraction of sp³-hybridized carbons (Fsp3) is 0.462. The lowest BCUT2D eigenvalue weighted by Crippen LogP contribution is -2.20. The molecule has 1 aliphatic rings. The third-order valence-corrected chi connectivity index (χ3v) is 4.23. The molecule has 3 rings (SSSR count). The molecule has 2 aromatic rings. The van der Waals surface area contributed by atoms with Gasteiger partial charge in [-0.2, -0.15) is 0 Å². The maximum atomic E-state index is 10.8. The SMILES string of the molecule is O=C(O)CSc1nc2cccnc2n1C1CCOCC1. The Morgan fingerprint density at radius 1 is 1.50 bits per heavy atom. The number of pyridine rings is 1. The monoisotopic (exact) mass is 293 g/mol. The average molecular weight is 293 g/mol. The molecule has 0 unspecified atom stereocenters. The fourth-order valence-electron chi connectivity index (χ4n) is 2.41. The maximum absolute atomic E-state index is 10.8. The molecule has 1 aliphatic heterocycles. The molecule has 0 spiro atoms. The van der Waals surface area contributed by atoms with E-state index in [2.05, 4.69) is 14.5 Å². The van der Waals surface area contributed by atoms with Gasteiger partial charge in [0, 0.05) is 25.5 Å². The first-order valence-corrected chi connectivity index (χ1v) is 7.49. The number of nitrogens with zero attached hydrogens (tertiary/aromatic N) is 3. The van der Waals surface area contributed by atoms with Crippen LogP contribution < -0.4 is 0 Å². The highest BCUT2D eigenvalue weighted by atomic mass is 32.2. The van der Waals surface area contributed by atoms with E-state index in [1.165, 1.54) is 11.8 Å². The molecule has 20 heavy (non-hydrogen) atoms. The molecule has 0 saturated carbocycles. The van der Waals surface area contributed by atoms with Gasteiger partial charge in [-0.25, -0.2) is 9.97 Å². The summed E-state index contributed by atoms with van der Waals surface area (Å²) in [5.41, 5.74) is 1.64. The third-order valence-electron chi connectivity index (χ3n) is 3.30. The Morgan fingerprint density at radius 2 is 2.30 bits per heavy atom. The summed E-state index contributed by atoms with van der Waals surface area (Å²) < 4.78 is 7.47. The number of hydrogen-bond donors (Lipinski definition) is 1. The number of imidazole rings is 1. The van der Waals surface area contributed by atoms with Crippen LogP contribution in [0.15, 0.2) is 23.5 Å². The summed E-state index contributed by atoms with van der Waals surface area (Å²) in [7, 11) is 0. The van der Waals surface area contributed by atoms with Gasteiger partial charge in [-0.05, 0) is 25.0 Å². The predicted octanol–water partition coefficient (Wildman–Crippen LogP) is 1.96. The summed E-state index contributed by atoms with van der Waals surface area (Å²) in [6.45, 7) is 1.44. The second kappa shape index (κ2) is 5.80. The minimum absolute atomic E-state index is 0.00649. The lowest BCUT2D eigenvalue weighted by atomic mass is 10.1. The molecule has 1 saturated heterocycles. The minimum Gasteiger partial charge on any atom is -0.481 e. The van der Waals surface area contributed by atoms with Crippen molar-refractivity contribution in [2.24, 2.45) is 0 Å². The van der Waals surface area contributed by atoms with E-state index in [1.54, 1.807) is 6.20 Å². The average Bonchev–Trinajstić information content (AvgIpc) is 2.84. The van der Waals surface area contributed by atoms with Crippen LogP contribution >= 0.6 is 11.8 Å². The first-order valence-electron chi connectivity index (χ1n) is 6.51. The number of carboxylic acid groups (broad SMARTS) is 1. The van der Waals surface area contributed by atoms with Crippen molar-refractivity contribution in [1.82, 2.24) is 14.5 Å². The largest absolute Gasteiger partial charge is 0.481 e. The maximum Gasteiger partial charge on any atom is 0.313 e. The topological polar surface area (TPSA) is 77.2 Å². The Labute approximate surface area is 120 Å². The van der Waals surface area contributed by atoms with E-state index in [1.807, 2.05) is 12.1 Å². The number of aromatic nitrogens is 3. The van der Waals surface area contributed by atoms with E-state index in [9.17, 15) is 4.79 Å². The molecule has 0 atom stereocenters. The molecule has 6 nitrogen and oxygen atoms in total. The smallest absolute Gasteiger partial charge is 0.313 e. The number of carbonyl (C=O) groups is 1. The zero-order valence-corrected chi connectivity index (χ0v) is 11.7. The molecule has 3 heterocycles. The van der Waals surface area contributed by atoms with Crippen LogP contribution in [0.5, 0.6) is 0 Å². The molecule has 7 heteroatoms. The number of aliphatic carboxylic acids is 1. The van der Waals surface area contributed by atoms with Gasteiger partial charge in [-0.15, -0.1) is 0 Å². The molecule has 2 aromatic heterocycles. The fourth-order valence-corrected chi connectivity index (χ4v) is 3.20. The quantitative estimate of drug-likeness (QED) is 0.868. The van der Waals surface area contributed by atoms with Crippen LogP contribution in [-0.4, -0.2) is 44.6 Å². The first-order chi connectivity index (χ1) is 9.75. The highest BCUT2D eigenvalue weighted by molar-refractivity contribution is 7.99. The van der Waals surface area contributed by atoms with Crippen LogP contribution in [0, 0.1) is 0 Å². The van der Waals surface area contributed by atoms with Crippen molar-refractivity contribution < 1.29 is 14.6 Å². The van der Waals surface area contributed by atoms with Crippen LogP contribution in [0.3, 0.4) is 0 Å². The Bertz CT molecular complexity index is 622. The summed E-state index contributed by atoms with van der Waals surface area (Å²) in [6, 6.07) is 4.03. The number of thioether (sulfide) groups is 1. The van der Waals surface area contributed by atoms with Gasteiger partial charge < -0.3 is 14.4 Å². The molecule has 0 aromatic carbocycles. The highest BCUT2D eigenvalue weighted by Gasteiger charge is 2.23. The van der Waals surface area contributed by atoms with Crippen molar-refractivity contribution in [3.8, 4) is 0 Å². The molecule has 0 radical (unpaired) electrons. The van der Waals surface area contributed by atoms with Gasteiger partial charge in [0.2, 0.25) is 0 Å². The van der Waals surface area contributed by atoms with E-state index < -0.39 is 5.97 Å². The third kappa shape index (κ3) is 2.64. The normalized spacial score (nSPS) is 16.6. The molecule has 0 amide bonds. The van der Waals surface area contributed by atoms with Crippen molar-refractivity contribution >= 4 is 28.9 Å². The molecular formula is C13H15N3O3S. The predicted molar refractivity (Wildman–Crippen MR) is 75.0 cm³/mol. The van der Waals surface area contributed by atoms with E-state index in [-0.39, 0.29) is 11.8 Å². The van der Waals surface area contributed by atoms with Crippen molar-refractivity contribution in [3.63, 3.8) is 0 Å². The van der Waals surface area contributed by atoms with Crippen molar-refractivity contribution in [3.05, 3.63) is 18.3 Å². The first kappa shape index (κ1) is 13.4. The van der Waals surface area contributed by atoms with E-state index in [0.29, 0.717) is 0 Å². The number of carboxylic acids is 1. The standard InChI is InChI=1S/C13H15N3O3S/c17-11(18)8-20-13-15-10-2-1-5-14-12(10)16(13)9-3-6-19-7-4-9/h1-2,5,9H,3-4,6-8H2,(H,17,18). The van der Waals surface area contributed by atoms with E-state index in [0.717, 1.165) is 42.4 Å². The van der Waals surface area contributed by atoms with Crippen molar-refractivity contribution in [2.45, 2.75) is 24.0 Å². The minimum atomic E-state index is -0.839. The lowest BCUT2D eigenvalue weighted by molar-refractivity contribution is -0.133. The van der Waals surface area contributed by atoms with Gasteiger partial charge in [0.25, 0.3) is 0 Å². The van der Waals surface area contributed by atoms with Crippen LogP contribution in [0.2, 0.25) is 0 Å². The van der Waals surface area contributed by atoms with Gasteiger partial charge in [-0.3, -0.25) is 4.79 Å². The number of rotatable bonds is 4. The summed E-state index contributed by atoms with van der Waals surface area (Å²) in [4.78, 5) is 19.7. The zero-order chi connectivity index (χ0) is 13.9. The van der Waals surface area contributed by atoms with Crippen LogP contribution in [-0.2, 0) is 9.53 Å². The summed E-state index contributed by atoms with van der Waals surface area (Å²) >= 11 is 1.25. The van der Waals surface area contributed by atoms with Gasteiger partial charge in [0.1, 0.15) is 5.52 Å². The van der Waals surface area contributed by atoms with Gasteiger partial charge in [0.05, 0.1) is 5.75 Å². The zero-order valence-electron chi connectivity index (χ0n) is 10.9. The second-order valence-corrected chi connectivity index (χ2v) is 5.58. The van der Waals surface area contributed by atoms with Crippen LogP contribution in [0.4, 0.5) is 0 Å². The summed E-state index contributed by atoms with van der Waals surface area (Å²) in [5, 5.41) is 9.59. The number of ether oxygens (including phenoxy) is 1. The van der Waals surface area contributed by atoms with Crippen molar-refractivity contribution in [1.29, 1.82) is 0 Å². The van der Waals surface area contributed by atoms with Gasteiger partial charge in [-0.1, -0.05) is 11.8 Å². The van der Waals surface area contributed by atoms with E-state index >= 15 is 0 Å². The molecule has 0 bridgehead atoms. The summed E-state index contributed by atoms with van der Waals surface area (Å²) in [5.74, 6) is -0.833. The van der Waals surface area contributed by atoms with Crippen LogP contribution in [0.1, 0.15) is 18.9 Å².